The number of nitrogens with zero attached hydrogens (tertiary/aromatic N) is 1. The molecular formula is C21H31F2N3O4. The summed E-state index contributed by atoms with van der Waals surface area (Å²) in [6.07, 6.45) is -0.213. The summed E-state index contributed by atoms with van der Waals surface area (Å²) in [6, 6.07) is 1.52. The Bertz CT molecular complexity index is 734. The number of carboxylic acid groups (broad SMARTS) is 1. The summed E-state index contributed by atoms with van der Waals surface area (Å²) >= 11 is 0. The van der Waals surface area contributed by atoms with Crippen LogP contribution in [0.2, 0.25) is 0 Å². The molecule has 1 heterocycles. The zero-order chi connectivity index (χ0) is 22.5. The van der Waals surface area contributed by atoms with Crippen LogP contribution in [0, 0.1) is 11.6 Å². The molecule has 0 aliphatic carbocycles. The van der Waals surface area contributed by atoms with Crippen molar-refractivity contribution in [1.29, 1.82) is 0 Å². The Hall–Kier alpha value is -2.26. The molecule has 168 valence electrons. The van der Waals surface area contributed by atoms with Crippen LogP contribution in [0.5, 0.6) is 0 Å². The average Bonchev–Trinajstić information content (AvgIpc) is 2.81. The van der Waals surface area contributed by atoms with Gasteiger partial charge < -0.3 is 20.8 Å². The molecular weight excluding hydrogens is 396 g/mol. The maximum atomic E-state index is 13.7. The van der Waals surface area contributed by atoms with Crippen LogP contribution in [-0.4, -0.2) is 63.9 Å². The molecule has 30 heavy (non-hydrogen) atoms. The summed E-state index contributed by atoms with van der Waals surface area (Å²) in [5.74, 6) is -1.71. The van der Waals surface area contributed by atoms with Crippen molar-refractivity contribution in [2.45, 2.75) is 70.2 Å². The van der Waals surface area contributed by atoms with E-state index in [9.17, 15) is 28.6 Å². The van der Waals surface area contributed by atoms with Crippen molar-refractivity contribution in [1.82, 2.24) is 15.5 Å². The van der Waals surface area contributed by atoms with Crippen LogP contribution in [0.1, 0.15) is 45.6 Å². The number of amides is 2. The van der Waals surface area contributed by atoms with Crippen molar-refractivity contribution in [3.8, 4) is 0 Å². The number of carbonyl (C=O) groups is 2. The smallest absolute Gasteiger partial charge is 0.408 e. The molecule has 4 N–H and O–H groups in total. The maximum Gasteiger partial charge on any atom is 0.408 e. The molecule has 0 radical (unpaired) electrons. The van der Waals surface area contributed by atoms with E-state index in [-0.39, 0.29) is 24.4 Å². The Kier molecular flexibility index (Phi) is 8.14. The van der Waals surface area contributed by atoms with Gasteiger partial charge in [0.1, 0.15) is 11.6 Å². The molecule has 2 rings (SSSR count). The lowest BCUT2D eigenvalue weighted by atomic mass is 9.94. The van der Waals surface area contributed by atoms with Gasteiger partial charge in [-0.15, -0.1) is 0 Å². The minimum absolute atomic E-state index is 0.0413. The third-order valence-electron chi connectivity index (χ3n) is 5.18. The van der Waals surface area contributed by atoms with Gasteiger partial charge in [-0.3, -0.25) is 9.69 Å². The minimum Gasteiger partial charge on any atom is -0.465 e. The second-order valence-corrected chi connectivity index (χ2v) is 8.69. The predicted molar refractivity (Wildman–Crippen MR) is 108 cm³/mol. The molecule has 1 aliphatic heterocycles. The van der Waals surface area contributed by atoms with Crippen molar-refractivity contribution >= 4 is 12.0 Å². The van der Waals surface area contributed by atoms with E-state index in [1.54, 1.807) is 20.8 Å². The zero-order valence-electron chi connectivity index (χ0n) is 17.6. The normalized spacial score (nSPS) is 19.5. The number of hydrogen-bond acceptors (Lipinski definition) is 4. The third-order valence-corrected chi connectivity index (χ3v) is 5.18. The molecule has 0 spiro atoms. The van der Waals surface area contributed by atoms with Crippen molar-refractivity contribution in [3.05, 3.63) is 35.4 Å². The Morgan fingerprint density at radius 2 is 1.90 bits per heavy atom. The van der Waals surface area contributed by atoms with Crippen molar-refractivity contribution in [2.24, 2.45) is 0 Å². The van der Waals surface area contributed by atoms with Crippen LogP contribution in [-0.2, 0) is 11.2 Å². The lowest BCUT2D eigenvalue weighted by Crippen LogP contribution is -2.59. The number of rotatable bonds is 7. The van der Waals surface area contributed by atoms with Crippen LogP contribution in [0.3, 0.4) is 0 Å². The highest BCUT2D eigenvalue weighted by Gasteiger charge is 2.37. The highest BCUT2D eigenvalue weighted by molar-refractivity contribution is 5.81. The maximum absolute atomic E-state index is 13.7. The highest BCUT2D eigenvalue weighted by Crippen LogP contribution is 2.23. The van der Waals surface area contributed by atoms with Gasteiger partial charge in [-0.25, -0.2) is 13.6 Å². The second-order valence-electron chi connectivity index (χ2n) is 8.69. The number of halogens is 2. The molecule has 1 aromatic carbocycles. The number of aliphatic hydroxyl groups excluding tert-OH is 1. The largest absolute Gasteiger partial charge is 0.465 e. The molecule has 2 amide bonds. The van der Waals surface area contributed by atoms with Crippen LogP contribution in [0.25, 0.3) is 0 Å². The van der Waals surface area contributed by atoms with Gasteiger partial charge in [-0.1, -0.05) is 0 Å². The fourth-order valence-corrected chi connectivity index (χ4v) is 3.83. The first-order chi connectivity index (χ1) is 14.0. The molecule has 0 bridgehead atoms. The van der Waals surface area contributed by atoms with Crippen molar-refractivity contribution in [3.63, 3.8) is 0 Å². The molecule has 1 saturated heterocycles. The quantitative estimate of drug-likeness (QED) is 0.535. The van der Waals surface area contributed by atoms with Gasteiger partial charge in [-0.2, -0.15) is 0 Å². The summed E-state index contributed by atoms with van der Waals surface area (Å²) in [6.45, 7) is 5.60. The fraction of sp³-hybridized carbons (Fsp3) is 0.619. The second kappa shape index (κ2) is 10.2. The fourth-order valence-electron chi connectivity index (χ4n) is 3.83. The van der Waals surface area contributed by atoms with E-state index in [1.165, 1.54) is 0 Å². The predicted octanol–water partition coefficient (Wildman–Crippen LogP) is 2.27. The number of hydrogen-bond donors (Lipinski definition) is 4. The van der Waals surface area contributed by atoms with E-state index in [0.717, 1.165) is 35.9 Å². The summed E-state index contributed by atoms with van der Waals surface area (Å²) in [5.41, 5.74) is -0.637. The summed E-state index contributed by atoms with van der Waals surface area (Å²) in [7, 11) is 0. The van der Waals surface area contributed by atoms with Gasteiger partial charge in [0.15, 0.2) is 0 Å². The van der Waals surface area contributed by atoms with E-state index in [4.69, 9.17) is 0 Å². The summed E-state index contributed by atoms with van der Waals surface area (Å²) in [4.78, 5) is 25.2. The van der Waals surface area contributed by atoms with E-state index < -0.39 is 41.5 Å². The zero-order valence-corrected chi connectivity index (χ0v) is 17.6. The standard InChI is InChI=1S/C21H31F2N3O4/c1-21(2,3)26(20(29)30)17(10-13-8-14(22)11-15(23)9-13)18(27)12-25-16-6-4-5-7-24-19(16)28/h8-9,11,16-18,25,27H,4-7,10,12H2,1-3H3,(H,24,28)(H,29,30)/t16-,17+,18-/m1/s1. The lowest BCUT2D eigenvalue weighted by Gasteiger charge is -2.42. The van der Waals surface area contributed by atoms with E-state index in [0.29, 0.717) is 13.0 Å². The monoisotopic (exact) mass is 427 g/mol. The molecule has 0 unspecified atom stereocenters. The van der Waals surface area contributed by atoms with E-state index in [2.05, 4.69) is 10.6 Å². The van der Waals surface area contributed by atoms with Crippen molar-refractivity contribution < 1.29 is 28.6 Å². The molecule has 1 fully saturated rings. The van der Waals surface area contributed by atoms with Crippen molar-refractivity contribution in [2.75, 3.05) is 13.1 Å². The van der Waals surface area contributed by atoms with Crippen LogP contribution in [0.4, 0.5) is 13.6 Å². The van der Waals surface area contributed by atoms with Crippen LogP contribution < -0.4 is 10.6 Å². The molecule has 0 aromatic heterocycles. The molecule has 1 aliphatic rings. The number of aliphatic hydroxyl groups is 1. The van der Waals surface area contributed by atoms with Gasteiger partial charge >= 0.3 is 6.09 Å². The Balaban J connectivity index is 2.24. The molecule has 1 aromatic rings. The Morgan fingerprint density at radius 3 is 2.47 bits per heavy atom. The number of nitrogens with one attached hydrogen (secondary N) is 2. The number of carbonyl (C=O) groups excluding carboxylic acids is 1. The van der Waals surface area contributed by atoms with Gasteiger partial charge in [-0.05, 0) is 64.2 Å². The first-order valence-electron chi connectivity index (χ1n) is 10.2. The average molecular weight is 427 g/mol. The number of benzene rings is 1. The molecule has 3 atom stereocenters. The topological polar surface area (TPSA) is 102 Å². The molecule has 7 nitrogen and oxygen atoms in total. The third kappa shape index (κ3) is 6.63. The first-order valence-corrected chi connectivity index (χ1v) is 10.2. The SMILES string of the molecule is CC(C)(C)N(C(=O)O)[C@@H](Cc1cc(F)cc(F)c1)[C@H](O)CN[C@@H]1CCCCNC1=O. The van der Waals surface area contributed by atoms with E-state index in [1.807, 2.05) is 0 Å². The molecule has 9 heteroatoms. The van der Waals surface area contributed by atoms with Gasteiger partial charge in [0.2, 0.25) is 5.91 Å². The van der Waals surface area contributed by atoms with Crippen LogP contribution in [0.15, 0.2) is 18.2 Å². The Morgan fingerprint density at radius 1 is 1.27 bits per heavy atom. The van der Waals surface area contributed by atoms with E-state index >= 15 is 0 Å². The summed E-state index contributed by atoms with van der Waals surface area (Å²) in [5, 5.41) is 26.5. The highest BCUT2D eigenvalue weighted by atomic mass is 19.1. The van der Waals surface area contributed by atoms with Crippen LogP contribution >= 0.6 is 0 Å². The first kappa shape index (κ1) is 24.0. The van der Waals surface area contributed by atoms with Gasteiger partial charge in [0, 0.05) is 24.7 Å². The molecule has 0 saturated carbocycles. The van der Waals surface area contributed by atoms with Gasteiger partial charge in [0.25, 0.3) is 0 Å². The lowest BCUT2D eigenvalue weighted by molar-refractivity contribution is -0.123. The minimum atomic E-state index is -1.25. The summed E-state index contributed by atoms with van der Waals surface area (Å²) < 4.78 is 27.3. The van der Waals surface area contributed by atoms with Gasteiger partial charge in [0.05, 0.1) is 18.2 Å². The Labute approximate surface area is 175 Å².